The second-order valence-corrected chi connectivity index (χ2v) is 8.39. The highest BCUT2D eigenvalue weighted by Gasteiger charge is 2.15. The van der Waals surface area contributed by atoms with E-state index in [1.807, 2.05) is 0 Å². The molecule has 2 amide bonds. The highest BCUT2D eigenvalue weighted by molar-refractivity contribution is 7.86. The third kappa shape index (κ3) is 5.90. The van der Waals surface area contributed by atoms with Crippen LogP contribution in [0.5, 0.6) is 16.6 Å². The number of anilines is 2. The lowest BCUT2D eigenvalue weighted by molar-refractivity contribution is 0.258. The molecule has 3 aromatic rings. The molecule has 0 aliphatic rings. The highest BCUT2D eigenvalue weighted by atomic mass is 32.2. The molecule has 29 heavy (non-hydrogen) atoms. The van der Waals surface area contributed by atoms with Crippen molar-refractivity contribution in [3.05, 3.63) is 60.5 Å². The zero-order valence-electron chi connectivity index (χ0n) is 15.3. The number of hydrogen-bond acceptors (Lipinski definition) is 7. The maximum absolute atomic E-state index is 13.2. The van der Waals surface area contributed by atoms with E-state index in [0.717, 1.165) is 17.6 Å². The topological polar surface area (TPSA) is 97.8 Å². The first-order valence-electron chi connectivity index (χ1n) is 8.13. The SMILES string of the molecule is CN(C(=O)Nc1ncc(Oc2cccc(F)c2)s1)c1cccc(OS(C)(=O)=O)c1. The molecule has 0 aliphatic heterocycles. The Kier molecular flexibility index (Phi) is 5.99. The zero-order valence-corrected chi connectivity index (χ0v) is 17.0. The lowest BCUT2D eigenvalue weighted by Gasteiger charge is -2.17. The minimum atomic E-state index is -3.68. The first kappa shape index (κ1) is 20.6. The Labute approximate surface area is 170 Å². The maximum atomic E-state index is 13.2. The Balaban J connectivity index is 1.66. The van der Waals surface area contributed by atoms with Gasteiger partial charge >= 0.3 is 16.1 Å². The van der Waals surface area contributed by atoms with Crippen LogP contribution >= 0.6 is 11.3 Å². The van der Waals surface area contributed by atoms with Crippen molar-refractivity contribution >= 4 is 38.3 Å². The molecule has 152 valence electrons. The summed E-state index contributed by atoms with van der Waals surface area (Å²) in [7, 11) is -2.17. The summed E-state index contributed by atoms with van der Waals surface area (Å²) in [5.41, 5.74) is 0.413. The van der Waals surface area contributed by atoms with Gasteiger partial charge in [-0.2, -0.15) is 8.42 Å². The smallest absolute Gasteiger partial charge is 0.327 e. The standard InChI is InChI=1S/C18H16FN3O5S2/c1-22(13-6-4-8-15(10-13)27-29(2,24)25)18(23)21-17-20-11-16(28-17)26-14-7-3-5-12(19)9-14/h3-11H,1-2H3,(H,20,21,23). The number of nitrogens with zero attached hydrogens (tertiary/aromatic N) is 2. The van der Waals surface area contributed by atoms with E-state index in [1.54, 1.807) is 18.2 Å². The van der Waals surface area contributed by atoms with Crippen molar-refractivity contribution in [1.29, 1.82) is 0 Å². The molecule has 0 aliphatic carbocycles. The quantitative estimate of drug-likeness (QED) is 0.584. The van der Waals surface area contributed by atoms with Crippen molar-refractivity contribution in [1.82, 2.24) is 4.98 Å². The van der Waals surface area contributed by atoms with Crippen molar-refractivity contribution in [2.45, 2.75) is 0 Å². The Morgan fingerprint density at radius 1 is 1.17 bits per heavy atom. The number of ether oxygens (including phenoxy) is 1. The highest BCUT2D eigenvalue weighted by Crippen LogP contribution is 2.31. The van der Waals surface area contributed by atoms with E-state index in [1.165, 1.54) is 48.5 Å². The van der Waals surface area contributed by atoms with Gasteiger partial charge in [0.15, 0.2) is 5.13 Å². The second-order valence-electron chi connectivity index (χ2n) is 5.82. The molecule has 11 heteroatoms. The molecule has 0 saturated carbocycles. The van der Waals surface area contributed by atoms with Gasteiger partial charge in [-0.15, -0.1) is 0 Å². The Bertz CT molecular complexity index is 1130. The van der Waals surface area contributed by atoms with Gasteiger partial charge in [-0.05, 0) is 24.3 Å². The van der Waals surface area contributed by atoms with Crippen LogP contribution in [0.2, 0.25) is 0 Å². The van der Waals surface area contributed by atoms with Crippen LogP contribution in [-0.4, -0.2) is 32.7 Å². The molecule has 8 nitrogen and oxygen atoms in total. The third-order valence-corrected chi connectivity index (χ3v) is 4.76. The van der Waals surface area contributed by atoms with Gasteiger partial charge in [0.2, 0.25) is 5.06 Å². The van der Waals surface area contributed by atoms with Gasteiger partial charge in [0.05, 0.1) is 12.5 Å². The molecule has 2 aromatic carbocycles. The average Bonchev–Trinajstić information content (AvgIpc) is 3.06. The molecule has 0 atom stereocenters. The molecule has 3 rings (SSSR count). The van der Waals surface area contributed by atoms with Crippen LogP contribution in [0, 0.1) is 5.82 Å². The summed E-state index contributed by atoms with van der Waals surface area (Å²) in [5, 5.41) is 3.25. The van der Waals surface area contributed by atoms with Gasteiger partial charge < -0.3 is 8.92 Å². The lowest BCUT2D eigenvalue weighted by Crippen LogP contribution is -2.31. The number of thiazole rings is 1. The molecule has 0 unspecified atom stereocenters. The molecule has 1 N–H and O–H groups in total. The van der Waals surface area contributed by atoms with Crippen LogP contribution < -0.4 is 19.1 Å². The van der Waals surface area contributed by atoms with Gasteiger partial charge in [-0.1, -0.05) is 23.5 Å². The summed E-state index contributed by atoms with van der Waals surface area (Å²) in [6.45, 7) is 0. The third-order valence-electron chi connectivity index (χ3n) is 3.47. The maximum Gasteiger partial charge on any atom is 0.327 e. The monoisotopic (exact) mass is 437 g/mol. The van der Waals surface area contributed by atoms with Crippen LogP contribution in [0.15, 0.2) is 54.7 Å². The summed E-state index contributed by atoms with van der Waals surface area (Å²) in [5.74, 6) is -0.0275. The predicted molar refractivity (Wildman–Crippen MR) is 108 cm³/mol. The van der Waals surface area contributed by atoms with E-state index in [0.29, 0.717) is 16.5 Å². The zero-order chi connectivity index (χ0) is 21.0. The first-order valence-corrected chi connectivity index (χ1v) is 10.8. The minimum absolute atomic E-state index is 0.0877. The molecule has 0 spiro atoms. The number of aromatic nitrogens is 1. The minimum Gasteiger partial charge on any atom is -0.445 e. The number of amides is 2. The number of carbonyl (C=O) groups is 1. The van der Waals surface area contributed by atoms with Crippen molar-refractivity contribution in [2.24, 2.45) is 0 Å². The van der Waals surface area contributed by atoms with Crippen LogP contribution in [0.4, 0.5) is 20.0 Å². The fourth-order valence-corrected chi connectivity index (χ4v) is 3.35. The Morgan fingerprint density at radius 2 is 1.90 bits per heavy atom. The number of benzene rings is 2. The van der Waals surface area contributed by atoms with Crippen molar-refractivity contribution < 1.29 is 26.5 Å². The van der Waals surface area contributed by atoms with Crippen LogP contribution in [-0.2, 0) is 10.1 Å². The van der Waals surface area contributed by atoms with Gasteiger partial charge in [0.25, 0.3) is 0 Å². The van der Waals surface area contributed by atoms with Gasteiger partial charge in [0, 0.05) is 24.9 Å². The summed E-state index contributed by atoms with van der Waals surface area (Å²) in [4.78, 5) is 17.8. The molecular weight excluding hydrogens is 421 g/mol. The fourth-order valence-electron chi connectivity index (χ4n) is 2.22. The van der Waals surface area contributed by atoms with Crippen LogP contribution in [0.25, 0.3) is 0 Å². The van der Waals surface area contributed by atoms with Gasteiger partial charge in [0.1, 0.15) is 17.3 Å². The van der Waals surface area contributed by atoms with E-state index in [-0.39, 0.29) is 10.9 Å². The molecule has 0 radical (unpaired) electrons. The van der Waals surface area contributed by atoms with Crippen LogP contribution in [0.3, 0.4) is 0 Å². The number of hydrogen-bond donors (Lipinski definition) is 1. The first-order chi connectivity index (χ1) is 13.7. The molecule has 0 bridgehead atoms. The summed E-state index contributed by atoms with van der Waals surface area (Å²) < 4.78 is 46.1. The Hall–Kier alpha value is -3.18. The largest absolute Gasteiger partial charge is 0.445 e. The van der Waals surface area contributed by atoms with E-state index in [4.69, 9.17) is 8.92 Å². The van der Waals surface area contributed by atoms with Crippen molar-refractivity contribution in [3.63, 3.8) is 0 Å². The Morgan fingerprint density at radius 3 is 2.62 bits per heavy atom. The number of carbonyl (C=O) groups excluding carboxylic acids is 1. The predicted octanol–water partition coefficient (Wildman–Crippen LogP) is 4.08. The number of nitrogens with one attached hydrogen (secondary N) is 1. The van der Waals surface area contributed by atoms with Crippen LogP contribution in [0.1, 0.15) is 0 Å². The summed E-state index contributed by atoms with van der Waals surface area (Å²) in [6.07, 6.45) is 2.34. The molecule has 1 heterocycles. The summed E-state index contributed by atoms with van der Waals surface area (Å²) in [6, 6.07) is 11.2. The van der Waals surface area contributed by atoms with Crippen molar-refractivity contribution in [2.75, 3.05) is 23.5 Å². The lowest BCUT2D eigenvalue weighted by atomic mass is 10.3. The number of halogens is 1. The van der Waals surface area contributed by atoms with Crippen molar-refractivity contribution in [3.8, 4) is 16.6 Å². The molecular formula is C18H16FN3O5S2. The van der Waals surface area contributed by atoms with E-state index in [2.05, 4.69) is 10.3 Å². The normalized spacial score (nSPS) is 11.0. The number of urea groups is 1. The summed E-state index contributed by atoms with van der Waals surface area (Å²) >= 11 is 1.07. The van der Waals surface area contributed by atoms with Gasteiger partial charge in [-0.25, -0.2) is 14.2 Å². The second kappa shape index (κ2) is 8.45. The number of rotatable bonds is 6. The molecule has 0 fully saturated rings. The van der Waals surface area contributed by atoms with E-state index in [9.17, 15) is 17.6 Å². The molecule has 1 aromatic heterocycles. The molecule has 0 saturated heterocycles. The fraction of sp³-hybridized carbons (Fsp3) is 0.111. The van der Waals surface area contributed by atoms with E-state index >= 15 is 0 Å². The van der Waals surface area contributed by atoms with E-state index < -0.39 is 22.0 Å². The average molecular weight is 437 g/mol. The van der Waals surface area contributed by atoms with Gasteiger partial charge in [-0.3, -0.25) is 10.2 Å².